The van der Waals surface area contributed by atoms with Gasteiger partial charge in [-0.05, 0) is 6.42 Å². The summed E-state index contributed by atoms with van der Waals surface area (Å²) in [7, 11) is 0. The van der Waals surface area contributed by atoms with Crippen LogP contribution in [0.3, 0.4) is 0 Å². The summed E-state index contributed by atoms with van der Waals surface area (Å²) in [6.45, 7) is 1.63. The van der Waals surface area contributed by atoms with E-state index in [1.165, 1.54) is 5.38 Å². The SMILES string of the molecule is CCC(ON=C(C=O)c1csc(N)n1)C(=O)O. The minimum absolute atomic E-state index is 0.0855. The molecule has 0 fully saturated rings. The Morgan fingerprint density at radius 1 is 1.82 bits per heavy atom. The number of nitrogens with two attached hydrogens (primary N) is 1. The Morgan fingerprint density at radius 3 is 2.94 bits per heavy atom. The Hall–Kier alpha value is -1.96. The molecule has 0 aliphatic heterocycles. The van der Waals surface area contributed by atoms with Crippen molar-refractivity contribution in [2.24, 2.45) is 5.16 Å². The third kappa shape index (κ3) is 3.52. The van der Waals surface area contributed by atoms with Crippen LogP contribution >= 0.6 is 11.3 Å². The zero-order valence-electron chi connectivity index (χ0n) is 8.99. The first-order valence-electron chi connectivity index (χ1n) is 4.71. The summed E-state index contributed by atoms with van der Waals surface area (Å²) in [5, 5.41) is 14.0. The highest BCUT2D eigenvalue weighted by atomic mass is 32.1. The zero-order valence-corrected chi connectivity index (χ0v) is 9.81. The normalized spacial score (nSPS) is 13.1. The van der Waals surface area contributed by atoms with Gasteiger partial charge >= 0.3 is 5.97 Å². The molecular formula is C9H11N3O4S. The maximum atomic E-state index is 10.8. The summed E-state index contributed by atoms with van der Waals surface area (Å²) >= 11 is 1.15. The molecule has 0 saturated heterocycles. The molecule has 0 aliphatic rings. The number of carbonyl (C=O) groups is 2. The van der Waals surface area contributed by atoms with E-state index in [4.69, 9.17) is 15.7 Å². The molecule has 0 amide bonds. The van der Waals surface area contributed by atoms with Gasteiger partial charge in [-0.2, -0.15) is 0 Å². The fourth-order valence-corrected chi connectivity index (χ4v) is 1.51. The van der Waals surface area contributed by atoms with Gasteiger partial charge in [0.15, 0.2) is 17.1 Å². The lowest BCUT2D eigenvalue weighted by molar-refractivity contribution is -0.150. The number of thiazole rings is 1. The Balaban J connectivity index is 2.80. The van der Waals surface area contributed by atoms with Crippen molar-refractivity contribution in [3.05, 3.63) is 11.1 Å². The monoisotopic (exact) mass is 257 g/mol. The Bertz CT molecular complexity index is 443. The summed E-state index contributed by atoms with van der Waals surface area (Å²) < 4.78 is 0. The maximum Gasteiger partial charge on any atom is 0.347 e. The van der Waals surface area contributed by atoms with E-state index in [-0.39, 0.29) is 17.8 Å². The van der Waals surface area contributed by atoms with Gasteiger partial charge in [-0.25, -0.2) is 9.78 Å². The standard InChI is InChI=1S/C9H11N3O4S/c1-2-7(8(14)15)16-12-5(3-13)6-4-17-9(10)11-6/h3-4,7H,2H2,1H3,(H2,10,11)(H,14,15). The number of carboxylic acid groups (broad SMARTS) is 1. The molecule has 0 aromatic carbocycles. The van der Waals surface area contributed by atoms with Crippen molar-refractivity contribution >= 4 is 34.4 Å². The molecular weight excluding hydrogens is 246 g/mol. The molecule has 1 rings (SSSR count). The highest BCUT2D eigenvalue weighted by molar-refractivity contribution is 7.13. The van der Waals surface area contributed by atoms with Gasteiger partial charge in [0.2, 0.25) is 6.10 Å². The maximum absolute atomic E-state index is 10.8. The molecule has 1 unspecified atom stereocenters. The van der Waals surface area contributed by atoms with Crippen LogP contribution in [0.5, 0.6) is 0 Å². The Kier molecular flexibility index (Phi) is 4.58. The third-order valence-corrected chi connectivity index (χ3v) is 2.49. The van der Waals surface area contributed by atoms with Gasteiger partial charge in [-0.3, -0.25) is 4.79 Å². The lowest BCUT2D eigenvalue weighted by Crippen LogP contribution is -2.21. The van der Waals surface area contributed by atoms with Crippen molar-refractivity contribution in [1.82, 2.24) is 4.98 Å². The predicted molar refractivity (Wildman–Crippen MR) is 61.9 cm³/mol. The number of rotatable bonds is 6. The first kappa shape index (κ1) is 13.1. The number of aliphatic carboxylic acids is 1. The van der Waals surface area contributed by atoms with Gasteiger partial charge < -0.3 is 15.7 Å². The van der Waals surface area contributed by atoms with E-state index in [1.807, 2.05) is 0 Å². The van der Waals surface area contributed by atoms with Crippen LogP contribution in [0.4, 0.5) is 5.13 Å². The van der Waals surface area contributed by atoms with E-state index in [0.717, 1.165) is 11.3 Å². The van der Waals surface area contributed by atoms with Crippen LogP contribution in [0.2, 0.25) is 0 Å². The fourth-order valence-electron chi connectivity index (χ4n) is 0.949. The number of hydrogen-bond donors (Lipinski definition) is 2. The van der Waals surface area contributed by atoms with Crippen molar-refractivity contribution in [1.29, 1.82) is 0 Å². The van der Waals surface area contributed by atoms with Crippen LogP contribution in [0.1, 0.15) is 19.0 Å². The number of nitrogen functional groups attached to an aromatic ring is 1. The zero-order chi connectivity index (χ0) is 12.8. The number of anilines is 1. The quantitative estimate of drug-likeness (QED) is 0.436. The second kappa shape index (κ2) is 5.94. The van der Waals surface area contributed by atoms with E-state index in [2.05, 4.69) is 10.1 Å². The first-order valence-corrected chi connectivity index (χ1v) is 5.59. The highest BCUT2D eigenvalue weighted by Crippen LogP contribution is 2.12. The Morgan fingerprint density at radius 2 is 2.53 bits per heavy atom. The third-order valence-electron chi connectivity index (χ3n) is 1.82. The van der Waals surface area contributed by atoms with Gasteiger partial charge in [0.05, 0.1) is 0 Å². The van der Waals surface area contributed by atoms with Crippen molar-refractivity contribution in [3.8, 4) is 0 Å². The van der Waals surface area contributed by atoms with Crippen molar-refractivity contribution in [2.45, 2.75) is 19.4 Å². The predicted octanol–water partition coefficient (Wildman–Crippen LogP) is 0.508. The lowest BCUT2D eigenvalue weighted by atomic mass is 10.3. The van der Waals surface area contributed by atoms with Crippen LogP contribution in [-0.4, -0.2) is 34.2 Å². The number of aldehydes is 1. The molecule has 0 radical (unpaired) electrons. The van der Waals surface area contributed by atoms with E-state index in [9.17, 15) is 9.59 Å². The fraction of sp³-hybridized carbons (Fsp3) is 0.333. The molecule has 92 valence electrons. The molecule has 1 atom stereocenters. The topological polar surface area (TPSA) is 115 Å². The number of oxime groups is 1. The van der Waals surface area contributed by atoms with E-state index in [1.54, 1.807) is 6.92 Å². The molecule has 8 heteroatoms. The van der Waals surface area contributed by atoms with Crippen LogP contribution in [0.15, 0.2) is 10.5 Å². The molecule has 1 aromatic rings. The molecule has 3 N–H and O–H groups in total. The molecule has 17 heavy (non-hydrogen) atoms. The first-order chi connectivity index (χ1) is 8.08. The average molecular weight is 257 g/mol. The summed E-state index contributed by atoms with van der Waals surface area (Å²) in [4.78, 5) is 30.0. The number of aromatic nitrogens is 1. The van der Waals surface area contributed by atoms with Gasteiger partial charge in [-0.1, -0.05) is 12.1 Å². The summed E-state index contributed by atoms with van der Waals surface area (Å²) in [6, 6.07) is 0. The second-order valence-corrected chi connectivity index (χ2v) is 3.90. The van der Waals surface area contributed by atoms with Crippen molar-refractivity contribution in [2.75, 3.05) is 5.73 Å². The van der Waals surface area contributed by atoms with Crippen LogP contribution in [0.25, 0.3) is 0 Å². The van der Waals surface area contributed by atoms with E-state index < -0.39 is 12.1 Å². The van der Waals surface area contributed by atoms with Crippen molar-refractivity contribution in [3.63, 3.8) is 0 Å². The smallest absolute Gasteiger partial charge is 0.347 e. The molecule has 0 aliphatic carbocycles. The molecule has 0 bridgehead atoms. The van der Waals surface area contributed by atoms with Gasteiger partial charge in [-0.15, -0.1) is 11.3 Å². The minimum atomic E-state index is -1.14. The summed E-state index contributed by atoms with van der Waals surface area (Å²) in [5.74, 6) is -1.14. The average Bonchev–Trinajstić information content (AvgIpc) is 2.71. The minimum Gasteiger partial charge on any atom is -0.478 e. The molecule has 0 saturated carbocycles. The van der Waals surface area contributed by atoms with Crippen LogP contribution in [0, 0.1) is 0 Å². The summed E-state index contributed by atoms with van der Waals surface area (Å²) in [6.07, 6.45) is -0.409. The number of hydrogen-bond acceptors (Lipinski definition) is 7. The van der Waals surface area contributed by atoms with Gasteiger partial charge in [0.1, 0.15) is 5.69 Å². The number of nitrogens with zero attached hydrogens (tertiary/aromatic N) is 2. The second-order valence-electron chi connectivity index (χ2n) is 3.01. The molecule has 1 aromatic heterocycles. The largest absolute Gasteiger partial charge is 0.478 e. The molecule has 1 heterocycles. The summed E-state index contributed by atoms with van der Waals surface area (Å²) in [5.41, 5.74) is 5.58. The van der Waals surface area contributed by atoms with E-state index >= 15 is 0 Å². The molecule has 0 spiro atoms. The van der Waals surface area contributed by atoms with E-state index in [0.29, 0.717) is 11.4 Å². The Labute approximate surface area is 101 Å². The van der Waals surface area contributed by atoms with Crippen LogP contribution in [-0.2, 0) is 14.4 Å². The molecule has 7 nitrogen and oxygen atoms in total. The van der Waals surface area contributed by atoms with Crippen LogP contribution < -0.4 is 5.73 Å². The highest BCUT2D eigenvalue weighted by Gasteiger charge is 2.17. The van der Waals surface area contributed by atoms with Crippen molar-refractivity contribution < 1.29 is 19.5 Å². The number of carboxylic acids is 1. The van der Waals surface area contributed by atoms with Gasteiger partial charge in [0.25, 0.3) is 0 Å². The lowest BCUT2D eigenvalue weighted by Gasteiger charge is -2.06. The number of carbonyl (C=O) groups excluding carboxylic acids is 1. The van der Waals surface area contributed by atoms with Gasteiger partial charge in [0, 0.05) is 5.38 Å².